The summed E-state index contributed by atoms with van der Waals surface area (Å²) >= 11 is 3.71. The van der Waals surface area contributed by atoms with Crippen LogP contribution >= 0.6 is 23.1 Å². The first kappa shape index (κ1) is 13.9. The summed E-state index contributed by atoms with van der Waals surface area (Å²) in [5.74, 6) is 2.69. The molecule has 3 rings (SSSR count). The Morgan fingerprint density at radius 3 is 3.21 bits per heavy atom. The lowest BCUT2D eigenvalue weighted by atomic mass is 9.81. The largest absolute Gasteiger partial charge is 0.387 e. The molecule has 1 spiro atoms. The van der Waals surface area contributed by atoms with Gasteiger partial charge in [-0.25, -0.2) is 0 Å². The highest BCUT2D eigenvalue weighted by atomic mass is 32.2. The van der Waals surface area contributed by atoms with Gasteiger partial charge >= 0.3 is 0 Å². The Hall–Kier alpha value is -0.0300. The molecule has 3 heterocycles. The van der Waals surface area contributed by atoms with Gasteiger partial charge in [0.2, 0.25) is 0 Å². The fourth-order valence-electron chi connectivity index (χ4n) is 3.31. The van der Waals surface area contributed by atoms with Crippen molar-refractivity contribution >= 4 is 23.1 Å². The fourth-order valence-corrected chi connectivity index (χ4v) is 5.76. The Kier molecular flexibility index (Phi) is 4.22. The number of rotatable bonds is 3. The Bertz CT molecular complexity index is 424. The molecule has 0 aliphatic carbocycles. The van der Waals surface area contributed by atoms with E-state index in [1.807, 2.05) is 11.8 Å². The molecule has 2 aliphatic rings. The van der Waals surface area contributed by atoms with Crippen LogP contribution < -0.4 is 0 Å². The molecule has 1 aromatic rings. The molecule has 0 bridgehead atoms. The second-order valence-electron chi connectivity index (χ2n) is 5.70. The van der Waals surface area contributed by atoms with Crippen molar-refractivity contribution in [2.24, 2.45) is 5.92 Å². The number of thioether (sulfide) groups is 1. The van der Waals surface area contributed by atoms with Crippen LogP contribution in [0.5, 0.6) is 0 Å². The van der Waals surface area contributed by atoms with Crippen LogP contribution in [0.25, 0.3) is 0 Å². The molecular formula is C15H22O2S2. The first-order valence-electron chi connectivity index (χ1n) is 7.20. The lowest BCUT2D eigenvalue weighted by molar-refractivity contribution is -0.101. The minimum Gasteiger partial charge on any atom is -0.387 e. The summed E-state index contributed by atoms with van der Waals surface area (Å²) in [6.45, 7) is 2.98. The van der Waals surface area contributed by atoms with Gasteiger partial charge < -0.3 is 9.84 Å². The molecule has 4 heteroatoms. The molecule has 3 atom stereocenters. The van der Waals surface area contributed by atoms with E-state index in [0.29, 0.717) is 5.92 Å². The summed E-state index contributed by atoms with van der Waals surface area (Å²) in [6, 6.07) is 2.16. The summed E-state index contributed by atoms with van der Waals surface area (Å²) in [5.41, 5.74) is 1.39. The molecule has 2 saturated heterocycles. The zero-order chi connectivity index (χ0) is 13.3. The monoisotopic (exact) mass is 298 g/mol. The molecule has 19 heavy (non-hydrogen) atoms. The average Bonchev–Trinajstić information content (AvgIpc) is 3.07. The normalized spacial score (nSPS) is 32.8. The van der Waals surface area contributed by atoms with Crippen molar-refractivity contribution in [2.45, 2.75) is 44.3 Å². The van der Waals surface area contributed by atoms with E-state index in [0.717, 1.165) is 38.0 Å². The lowest BCUT2D eigenvalue weighted by Gasteiger charge is -2.39. The number of aryl methyl sites for hydroxylation is 1. The van der Waals surface area contributed by atoms with Crippen molar-refractivity contribution in [3.05, 3.63) is 21.9 Å². The summed E-state index contributed by atoms with van der Waals surface area (Å²) in [6.07, 6.45) is 3.91. The lowest BCUT2D eigenvalue weighted by Crippen LogP contribution is -2.41. The molecule has 2 aliphatic heterocycles. The van der Waals surface area contributed by atoms with Crippen LogP contribution in [-0.2, 0) is 11.2 Å². The fraction of sp³-hybridized carbons (Fsp3) is 0.733. The van der Waals surface area contributed by atoms with E-state index >= 15 is 0 Å². The van der Waals surface area contributed by atoms with Gasteiger partial charge in [0.1, 0.15) is 0 Å². The second-order valence-corrected chi connectivity index (χ2v) is 7.75. The Labute approximate surface area is 123 Å². The van der Waals surface area contributed by atoms with Gasteiger partial charge in [0.05, 0.1) is 11.7 Å². The number of aliphatic hydroxyl groups is 1. The molecule has 0 radical (unpaired) electrons. The molecule has 2 nitrogen and oxygen atoms in total. The molecule has 3 unspecified atom stereocenters. The first-order chi connectivity index (χ1) is 9.24. The maximum absolute atomic E-state index is 10.7. The number of aliphatic hydroxyl groups excluding tert-OH is 1. The van der Waals surface area contributed by atoms with Crippen molar-refractivity contribution in [1.82, 2.24) is 0 Å². The highest BCUT2D eigenvalue weighted by Gasteiger charge is 2.42. The molecule has 1 N–H and O–H groups in total. The molecule has 0 aromatic carbocycles. The minimum atomic E-state index is -0.290. The van der Waals surface area contributed by atoms with E-state index in [2.05, 4.69) is 18.4 Å². The molecule has 0 amide bonds. The smallest absolute Gasteiger partial charge is 0.0914 e. The molecule has 2 fully saturated rings. The maximum Gasteiger partial charge on any atom is 0.0914 e. The summed E-state index contributed by atoms with van der Waals surface area (Å²) in [5, 5.41) is 12.8. The van der Waals surface area contributed by atoms with Gasteiger partial charge in [-0.15, -0.1) is 11.3 Å². The van der Waals surface area contributed by atoms with Gasteiger partial charge in [-0.3, -0.25) is 0 Å². The number of hydrogen-bond donors (Lipinski definition) is 1. The number of thiophene rings is 1. The predicted octanol–water partition coefficient (Wildman–Crippen LogP) is 3.65. The van der Waals surface area contributed by atoms with E-state index in [1.54, 1.807) is 11.3 Å². The van der Waals surface area contributed by atoms with Crippen molar-refractivity contribution in [2.75, 3.05) is 18.1 Å². The van der Waals surface area contributed by atoms with Gasteiger partial charge in [0.25, 0.3) is 0 Å². The maximum atomic E-state index is 10.7. The highest BCUT2D eigenvalue weighted by Crippen LogP contribution is 2.45. The number of ether oxygens (including phenoxy) is 1. The topological polar surface area (TPSA) is 29.5 Å². The van der Waals surface area contributed by atoms with E-state index in [4.69, 9.17) is 4.74 Å². The molecular weight excluding hydrogens is 276 g/mol. The van der Waals surface area contributed by atoms with Crippen LogP contribution in [0.3, 0.4) is 0 Å². The van der Waals surface area contributed by atoms with Gasteiger partial charge in [0, 0.05) is 17.2 Å². The molecule has 0 saturated carbocycles. The van der Waals surface area contributed by atoms with Crippen LogP contribution in [0.4, 0.5) is 0 Å². The van der Waals surface area contributed by atoms with Crippen molar-refractivity contribution in [1.29, 1.82) is 0 Å². The first-order valence-corrected chi connectivity index (χ1v) is 9.23. The van der Waals surface area contributed by atoms with Crippen molar-refractivity contribution in [3.8, 4) is 0 Å². The third-order valence-electron chi connectivity index (χ3n) is 4.47. The Morgan fingerprint density at radius 1 is 1.58 bits per heavy atom. The Balaban J connectivity index is 1.74. The molecule has 106 valence electrons. The average molecular weight is 298 g/mol. The van der Waals surface area contributed by atoms with Crippen LogP contribution in [-0.4, -0.2) is 28.8 Å². The van der Waals surface area contributed by atoms with Crippen LogP contribution in [0, 0.1) is 5.92 Å². The van der Waals surface area contributed by atoms with Gasteiger partial charge in [-0.1, -0.05) is 6.92 Å². The zero-order valence-electron chi connectivity index (χ0n) is 11.4. The summed E-state index contributed by atoms with van der Waals surface area (Å²) < 4.78 is 6.05. The predicted molar refractivity (Wildman–Crippen MR) is 82.0 cm³/mol. The third-order valence-corrected chi connectivity index (χ3v) is 6.73. The van der Waals surface area contributed by atoms with Crippen LogP contribution in [0.2, 0.25) is 0 Å². The number of hydrogen-bond acceptors (Lipinski definition) is 4. The SMILES string of the molecule is CCc1ccsc1C(O)C1CCOC2(CCSC2)C1. The van der Waals surface area contributed by atoms with E-state index in [1.165, 1.54) is 16.2 Å². The van der Waals surface area contributed by atoms with Gasteiger partial charge in [-0.2, -0.15) is 11.8 Å². The van der Waals surface area contributed by atoms with E-state index in [9.17, 15) is 5.11 Å². The molecule has 1 aromatic heterocycles. The summed E-state index contributed by atoms with van der Waals surface area (Å²) in [7, 11) is 0. The van der Waals surface area contributed by atoms with Crippen molar-refractivity contribution in [3.63, 3.8) is 0 Å². The quantitative estimate of drug-likeness (QED) is 0.923. The summed E-state index contributed by atoms with van der Waals surface area (Å²) in [4.78, 5) is 1.19. The van der Waals surface area contributed by atoms with Crippen molar-refractivity contribution < 1.29 is 9.84 Å². The second kappa shape index (κ2) is 5.76. The van der Waals surface area contributed by atoms with Gasteiger partial charge in [0.15, 0.2) is 0 Å². The third kappa shape index (κ3) is 2.73. The standard InChI is InChI=1S/C15H22O2S2/c1-2-11-4-7-19-14(11)13(16)12-3-6-17-15(9-12)5-8-18-10-15/h4,7,12-13,16H,2-3,5-6,8-10H2,1H3. The van der Waals surface area contributed by atoms with Crippen LogP contribution in [0.1, 0.15) is 42.7 Å². The highest BCUT2D eigenvalue weighted by molar-refractivity contribution is 7.99. The van der Waals surface area contributed by atoms with Gasteiger partial charge in [-0.05, 0) is 54.4 Å². The van der Waals surface area contributed by atoms with Crippen LogP contribution in [0.15, 0.2) is 11.4 Å². The van der Waals surface area contributed by atoms with E-state index in [-0.39, 0.29) is 11.7 Å². The zero-order valence-corrected chi connectivity index (χ0v) is 13.1. The Morgan fingerprint density at radius 2 is 2.47 bits per heavy atom. The minimum absolute atomic E-state index is 0.0677. The van der Waals surface area contributed by atoms with E-state index < -0.39 is 0 Å².